The molecule has 256 valence electrons. The highest BCUT2D eigenvalue weighted by Crippen LogP contribution is 2.56. The Morgan fingerprint density at radius 3 is 1.81 bits per heavy atom. The van der Waals surface area contributed by atoms with Gasteiger partial charge < -0.3 is 0 Å². The molecule has 54 heavy (non-hydrogen) atoms. The third-order valence-electron chi connectivity index (χ3n) is 11.3. The van der Waals surface area contributed by atoms with Crippen molar-refractivity contribution in [1.82, 2.24) is 9.55 Å². The van der Waals surface area contributed by atoms with E-state index in [2.05, 4.69) is 188 Å². The highest BCUT2D eigenvalue weighted by atomic mass is 32.2. The van der Waals surface area contributed by atoms with Crippen molar-refractivity contribution in [3.8, 4) is 50.5 Å². The van der Waals surface area contributed by atoms with Crippen LogP contribution in [0.4, 0.5) is 0 Å². The Balaban J connectivity index is 1.04. The van der Waals surface area contributed by atoms with E-state index in [0.29, 0.717) is 0 Å². The van der Waals surface area contributed by atoms with Crippen LogP contribution in [0.5, 0.6) is 0 Å². The predicted octanol–water partition coefficient (Wildman–Crippen LogP) is 14.1. The van der Waals surface area contributed by atoms with Crippen molar-refractivity contribution in [3.05, 3.63) is 181 Å². The highest BCUT2D eigenvalue weighted by molar-refractivity contribution is 8.05. The number of fused-ring (bicyclic) bond motifs is 8. The van der Waals surface area contributed by atoms with Crippen LogP contribution in [0.3, 0.4) is 0 Å². The van der Waals surface area contributed by atoms with Crippen molar-refractivity contribution in [1.29, 1.82) is 0 Å². The number of benzene rings is 7. The molecule has 2 aromatic heterocycles. The molecule has 0 atom stereocenters. The first-order valence-corrected chi connectivity index (χ1v) is 20.1. The molecule has 9 aromatic rings. The Morgan fingerprint density at radius 1 is 0.426 bits per heavy atom. The van der Waals surface area contributed by atoms with Crippen LogP contribution < -0.4 is 0 Å². The van der Waals surface area contributed by atoms with Crippen molar-refractivity contribution in [2.75, 3.05) is 0 Å². The Morgan fingerprint density at radius 2 is 1.04 bits per heavy atom. The maximum absolute atomic E-state index is 5.33. The van der Waals surface area contributed by atoms with Crippen molar-refractivity contribution in [2.24, 2.45) is 0 Å². The molecule has 0 N–H and O–H groups in total. The molecule has 0 unspecified atom stereocenters. The predicted molar refractivity (Wildman–Crippen MR) is 227 cm³/mol. The zero-order valence-electron chi connectivity index (χ0n) is 29.9. The van der Waals surface area contributed by atoms with E-state index in [1.54, 1.807) is 0 Å². The lowest BCUT2D eigenvalue weighted by atomic mass is 9.81. The second-order valence-electron chi connectivity index (χ2n) is 14.8. The van der Waals surface area contributed by atoms with Crippen molar-refractivity contribution < 1.29 is 0 Å². The van der Waals surface area contributed by atoms with Crippen molar-refractivity contribution in [3.63, 3.8) is 0 Å². The van der Waals surface area contributed by atoms with Gasteiger partial charge in [-0.25, -0.2) is 4.98 Å². The lowest BCUT2D eigenvalue weighted by Crippen LogP contribution is -2.15. The first-order valence-electron chi connectivity index (χ1n) is 18.4. The van der Waals surface area contributed by atoms with Gasteiger partial charge in [-0.05, 0) is 105 Å². The molecule has 0 spiro atoms. The number of hydrogen-bond acceptors (Lipinski definition) is 3. The molecule has 0 saturated heterocycles. The lowest BCUT2D eigenvalue weighted by molar-refractivity contribution is 0.658. The van der Waals surface area contributed by atoms with Crippen LogP contribution in [0, 0.1) is 0 Å². The molecule has 2 nitrogen and oxygen atoms in total. The Kier molecular flexibility index (Phi) is 7.11. The summed E-state index contributed by atoms with van der Waals surface area (Å²) in [6, 6.07) is 62.0. The number of rotatable bonds is 4. The Hall–Kier alpha value is -5.81. The minimum absolute atomic E-state index is 0.107. The lowest BCUT2D eigenvalue weighted by Gasteiger charge is -2.24. The molecule has 2 aliphatic rings. The van der Waals surface area contributed by atoms with Crippen molar-refractivity contribution in [2.45, 2.75) is 38.8 Å². The second kappa shape index (κ2) is 12.1. The molecule has 1 aliphatic carbocycles. The van der Waals surface area contributed by atoms with E-state index in [9.17, 15) is 0 Å². The van der Waals surface area contributed by atoms with Crippen LogP contribution >= 0.6 is 23.5 Å². The fourth-order valence-electron chi connectivity index (χ4n) is 8.52. The SMILES string of the molecule is CC1(C)c2cc(-c3ccc4c(c3)c3ccccc3n4-c3cc(-c4ccccc4)cc(-c4ccccc4)n3)ccc2-c2cc3c(cc21)Sc1ccccc1S3. The number of pyridine rings is 1. The molecular formula is C50H34N2S2. The van der Waals surface area contributed by atoms with Gasteiger partial charge in [0.05, 0.1) is 16.7 Å². The Bertz CT molecular complexity index is 2900. The van der Waals surface area contributed by atoms with Gasteiger partial charge in [-0.1, -0.05) is 147 Å². The summed E-state index contributed by atoms with van der Waals surface area (Å²) < 4.78 is 2.34. The van der Waals surface area contributed by atoms with E-state index in [1.807, 2.05) is 23.5 Å². The van der Waals surface area contributed by atoms with E-state index in [4.69, 9.17) is 4.98 Å². The summed E-state index contributed by atoms with van der Waals surface area (Å²) in [5.74, 6) is 0.910. The van der Waals surface area contributed by atoms with Crippen LogP contribution in [0.2, 0.25) is 0 Å². The van der Waals surface area contributed by atoms with Crippen molar-refractivity contribution >= 4 is 45.3 Å². The molecule has 4 heteroatoms. The van der Waals surface area contributed by atoms with Crippen LogP contribution in [0.1, 0.15) is 25.0 Å². The quantitative estimate of drug-likeness (QED) is 0.180. The van der Waals surface area contributed by atoms with Crippen LogP contribution in [0.25, 0.3) is 72.3 Å². The molecule has 11 rings (SSSR count). The topological polar surface area (TPSA) is 17.8 Å². The largest absolute Gasteiger partial charge is 0.294 e. The maximum Gasteiger partial charge on any atom is 0.138 e. The molecule has 3 heterocycles. The molecule has 0 saturated carbocycles. The zero-order valence-corrected chi connectivity index (χ0v) is 31.5. The van der Waals surface area contributed by atoms with Gasteiger partial charge in [0, 0.05) is 41.3 Å². The summed E-state index contributed by atoms with van der Waals surface area (Å²) in [4.78, 5) is 10.7. The summed E-state index contributed by atoms with van der Waals surface area (Å²) >= 11 is 3.80. The van der Waals surface area contributed by atoms with Gasteiger partial charge >= 0.3 is 0 Å². The monoisotopic (exact) mass is 726 g/mol. The molecule has 0 amide bonds. The first-order chi connectivity index (χ1) is 26.5. The van der Waals surface area contributed by atoms with Crippen LogP contribution in [-0.4, -0.2) is 9.55 Å². The van der Waals surface area contributed by atoms with Gasteiger partial charge in [0.1, 0.15) is 5.82 Å². The van der Waals surface area contributed by atoms with E-state index >= 15 is 0 Å². The fourth-order valence-corrected chi connectivity index (χ4v) is 10.8. The van der Waals surface area contributed by atoms with Gasteiger partial charge in [-0.3, -0.25) is 4.57 Å². The average Bonchev–Trinajstić information content (AvgIpc) is 3.67. The number of para-hydroxylation sites is 1. The molecular weight excluding hydrogens is 693 g/mol. The smallest absolute Gasteiger partial charge is 0.138 e. The second-order valence-corrected chi connectivity index (χ2v) is 17.0. The van der Waals surface area contributed by atoms with Crippen LogP contribution in [-0.2, 0) is 5.41 Å². The zero-order chi connectivity index (χ0) is 36.0. The highest BCUT2D eigenvalue weighted by Gasteiger charge is 2.37. The average molecular weight is 727 g/mol. The Labute approximate surface area is 323 Å². The summed E-state index contributed by atoms with van der Waals surface area (Å²) in [5, 5.41) is 2.44. The van der Waals surface area contributed by atoms with E-state index < -0.39 is 0 Å². The minimum atomic E-state index is -0.107. The summed E-state index contributed by atoms with van der Waals surface area (Å²) in [5.41, 5.74) is 14.5. The van der Waals surface area contributed by atoms with E-state index in [1.165, 1.54) is 69.3 Å². The minimum Gasteiger partial charge on any atom is -0.294 e. The molecule has 0 fully saturated rings. The van der Waals surface area contributed by atoms with Gasteiger partial charge in [0.25, 0.3) is 0 Å². The number of aromatic nitrogens is 2. The summed E-state index contributed by atoms with van der Waals surface area (Å²) in [6.45, 7) is 4.78. The molecule has 0 radical (unpaired) electrons. The molecule has 1 aliphatic heterocycles. The van der Waals surface area contributed by atoms with Gasteiger partial charge in [0.15, 0.2) is 0 Å². The van der Waals surface area contributed by atoms with Gasteiger partial charge in [-0.2, -0.15) is 0 Å². The van der Waals surface area contributed by atoms with E-state index in [0.717, 1.165) is 33.7 Å². The summed E-state index contributed by atoms with van der Waals surface area (Å²) in [6.07, 6.45) is 0. The number of hydrogen-bond donors (Lipinski definition) is 0. The fraction of sp³-hybridized carbons (Fsp3) is 0.0600. The third kappa shape index (κ3) is 4.94. The number of nitrogens with zero attached hydrogens (tertiary/aromatic N) is 2. The third-order valence-corrected chi connectivity index (χ3v) is 13.8. The summed E-state index contributed by atoms with van der Waals surface area (Å²) in [7, 11) is 0. The van der Waals surface area contributed by atoms with Gasteiger partial charge in [0.2, 0.25) is 0 Å². The maximum atomic E-state index is 5.33. The standard InChI is InChI=1S/C50H34N2S2/c1-50(2)40-26-34(21-23-36(40)38-29-47-48(30-41(38)50)54-46-20-12-11-19-45(46)53-47)33-22-24-44-39(25-33)37-17-9-10-18-43(37)52(44)49-28-35(31-13-5-3-6-14-31)27-42(51-49)32-15-7-4-8-16-32/h3-30H,1-2H3. The molecule has 0 bridgehead atoms. The van der Waals surface area contributed by atoms with Crippen LogP contribution in [0.15, 0.2) is 189 Å². The van der Waals surface area contributed by atoms with Gasteiger partial charge in [-0.15, -0.1) is 0 Å². The molecule has 7 aromatic carbocycles. The first kappa shape index (κ1) is 31.7. The normalized spacial score (nSPS) is 13.7. The van der Waals surface area contributed by atoms with E-state index in [-0.39, 0.29) is 5.41 Å².